The summed E-state index contributed by atoms with van der Waals surface area (Å²) in [7, 11) is 0. The maximum Gasteiger partial charge on any atom is 0.255 e. The highest BCUT2D eigenvalue weighted by Crippen LogP contribution is 2.33. The van der Waals surface area contributed by atoms with Crippen molar-refractivity contribution in [1.29, 1.82) is 0 Å². The zero-order valence-electron chi connectivity index (χ0n) is 15.3. The lowest BCUT2D eigenvalue weighted by Gasteiger charge is -2.30. The normalized spacial score (nSPS) is 17.2. The first-order valence-corrected chi connectivity index (χ1v) is 9.49. The number of rotatable bonds is 4. The SMILES string of the molecule is O=C(Nc1cc(N2CCOCC2)ccc1N1CCCC1)c1ccc(F)cc1. The van der Waals surface area contributed by atoms with Crippen molar-refractivity contribution in [1.82, 2.24) is 0 Å². The van der Waals surface area contributed by atoms with Gasteiger partial charge in [-0.3, -0.25) is 4.79 Å². The molecule has 2 aliphatic heterocycles. The first-order valence-electron chi connectivity index (χ1n) is 9.49. The second-order valence-electron chi connectivity index (χ2n) is 6.96. The van der Waals surface area contributed by atoms with Crippen molar-refractivity contribution in [2.45, 2.75) is 12.8 Å². The Morgan fingerprint density at radius 2 is 1.63 bits per heavy atom. The van der Waals surface area contributed by atoms with Crippen LogP contribution in [0.4, 0.5) is 21.5 Å². The van der Waals surface area contributed by atoms with Gasteiger partial charge in [0.25, 0.3) is 5.91 Å². The van der Waals surface area contributed by atoms with Gasteiger partial charge in [-0.25, -0.2) is 4.39 Å². The summed E-state index contributed by atoms with van der Waals surface area (Å²) < 4.78 is 18.6. The van der Waals surface area contributed by atoms with Crippen molar-refractivity contribution in [3.63, 3.8) is 0 Å². The number of carbonyl (C=O) groups excluding carboxylic acids is 1. The van der Waals surface area contributed by atoms with Gasteiger partial charge < -0.3 is 19.9 Å². The first kappa shape index (κ1) is 17.8. The molecule has 4 rings (SSSR count). The Bertz CT molecular complexity index is 798. The van der Waals surface area contributed by atoms with Gasteiger partial charge in [0.1, 0.15) is 5.82 Å². The lowest BCUT2D eigenvalue weighted by Crippen LogP contribution is -2.36. The fourth-order valence-corrected chi connectivity index (χ4v) is 3.67. The highest BCUT2D eigenvalue weighted by Gasteiger charge is 2.20. The first-order chi connectivity index (χ1) is 13.2. The molecule has 0 aliphatic carbocycles. The molecule has 2 aromatic rings. The van der Waals surface area contributed by atoms with Gasteiger partial charge in [-0.1, -0.05) is 0 Å². The van der Waals surface area contributed by atoms with Gasteiger partial charge >= 0.3 is 0 Å². The van der Waals surface area contributed by atoms with Gasteiger partial charge in [0.05, 0.1) is 24.6 Å². The summed E-state index contributed by atoms with van der Waals surface area (Å²) in [6.45, 7) is 5.10. The van der Waals surface area contributed by atoms with Crippen molar-refractivity contribution < 1.29 is 13.9 Å². The van der Waals surface area contributed by atoms with E-state index in [2.05, 4.69) is 27.2 Å². The van der Waals surface area contributed by atoms with Gasteiger partial charge in [0, 0.05) is 37.4 Å². The monoisotopic (exact) mass is 369 g/mol. The van der Waals surface area contributed by atoms with E-state index < -0.39 is 0 Å². The third-order valence-electron chi connectivity index (χ3n) is 5.16. The van der Waals surface area contributed by atoms with E-state index in [0.717, 1.165) is 56.1 Å². The molecule has 0 atom stereocenters. The van der Waals surface area contributed by atoms with Crippen LogP contribution in [0.3, 0.4) is 0 Å². The molecule has 0 saturated carbocycles. The van der Waals surface area contributed by atoms with E-state index in [1.165, 1.54) is 24.3 Å². The number of carbonyl (C=O) groups is 1. The predicted molar refractivity (Wildman–Crippen MR) is 105 cm³/mol. The predicted octanol–water partition coefficient (Wildman–Crippen LogP) is 3.51. The molecule has 2 heterocycles. The van der Waals surface area contributed by atoms with Gasteiger partial charge in [-0.15, -0.1) is 0 Å². The van der Waals surface area contributed by atoms with Gasteiger partial charge in [-0.05, 0) is 55.3 Å². The molecule has 1 N–H and O–H groups in total. The van der Waals surface area contributed by atoms with Gasteiger partial charge in [-0.2, -0.15) is 0 Å². The van der Waals surface area contributed by atoms with E-state index in [1.54, 1.807) is 0 Å². The van der Waals surface area contributed by atoms with Crippen LogP contribution in [0.1, 0.15) is 23.2 Å². The second kappa shape index (κ2) is 7.96. The molecule has 1 amide bonds. The maximum absolute atomic E-state index is 13.2. The van der Waals surface area contributed by atoms with E-state index in [0.29, 0.717) is 18.8 Å². The lowest BCUT2D eigenvalue weighted by atomic mass is 10.1. The fourth-order valence-electron chi connectivity index (χ4n) is 3.67. The zero-order valence-corrected chi connectivity index (χ0v) is 15.3. The summed E-state index contributed by atoms with van der Waals surface area (Å²) in [4.78, 5) is 17.3. The van der Waals surface area contributed by atoms with E-state index >= 15 is 0 Å². The number of morpholine rings is 1. The van der Waals surface area contributed by atoms with Crippen LogP contribution in [0.5, 0.6) is 0 Å². The topological polar surface area (TPSA) is 44.8 Å². The zero-order chi connectivity index (χ0) is 18.6. The molecule has 0 aromatic heterocycles. The number of hydrogen-bond acceptors (Lipinski definition) is 4. The average Bonchev–Trinajstić information content (AvgIpc) is 3.24. The fraction of sp³-hybridized carbons (Fsp3) is 0.381. The summed E-state index contributed by atoms with van der Waals surface area (Å²) in [6.07, 6.45) is 2.33. The molecule has 6 heteroatoms. The second-order valence-corrected chi connectivity index (χ2v) is 6.96. The van der Waals surface area contributed by atoms with Crippen LogP contribution in [0, 0.1) is 5.82 Å². The van der Waals surface area contributed by atoms with Crippen molar-refractivity contribution in [3.8, 4) is 0 Å². The van der Waals surface area contributed by atoms with Crippen LogP contribution < -0.4 is 15.1 Å². The average molecular weight is 369 g/mol. The van der Waals surface area contributed by atoms with Gasteiger partial charge in [0.2, 0.25) is 0 Å². The van der Waals surface area contributed by atoms with Crippen LogP contribution in [0.15, 0.2) is 42.5 Å². The number of benzene rings is 2. The number of amides is 1. The third-order valence-corrected chi connectivity index (χ3v) is 5.16. The molecule has 0 radical (unpaired) electrons. The highest BCUT2D eigenvalue weighted by atomic mass is 19.1. The number of halogens is 1. The van der Waals surface area contributed by atoms with Crippen molar-refractivity contribution in [3.05, 3.63) is 53.8 Å². The van der Waals surface area contributed by atoms with Crippen molar-refractivity contribution >= 4 is 23.0 Å². The number of hydrogen-bond donors (Lipinski definition) is 1. The van der Waals surface area contributed by atoms with Gasteiger partial charge in [0.15, 0.2) is 0 Å². The molecule has 2 aromatic carbocycles. The largest absolute Gasteiger partial charge is 0.378 e. The minimum Gasteiger partial charge on any atom is -0.378 e. The number of ether oxygens (including phenoxy) is 1. The van der Waals surface area contributed by atoms with E-state index in [9.17, 15) is 9.18 Å². The molecular weight excluding hydrogens is 345 g/mol. The molecule has 5 nitrogen and oxygen atoms in total. The summed E-state index contributed by atoms with van der Waals surface area (Å²) in [6, 6.07) is 11.9. The van der Waals surface area contributed by atoms with Crippen LogP contribution in [-0.4, -0.2) is 45.3 Å². The summed E-state index contributed by atoms with van der Waals surface area (Å²) in [5.41, 5.74) is 3.37. The summed E-state index contributed by atoms with van der Waals surface area (Å²) in [5.74, 6) is -0.576. The Balaban J connectivity index is 1.62. The molecule has 27 heavy (non-hydrogen) atoms. The van der Waals surface area contributed by atoms with E-state index in [-0.39, 0.29) is 11.7 Å². The number of nitrogens with zero attached hydrogens (tertiary/aromatic N) is 2. The number of anilines is 3. The molecular formula is C21H24FN3O2. The maximum atomic E-state index is 13.2. The highest BCUT2D eigenvalue weighted by molar-refractivity contribution is 6.06. The summed E-state index contributed by atoms with van der Waals surface area (Å²) in [5, 5.41) is 3.04. The minimum absolute atomic E-state index is 0.227. The molecule has 0 unspecified atom stereocenters. The van der Waals surface area contributed by atoms with Crippen molar-refractivity contribution in [2.75, 3.05) is 54.5 Å². The molecule has 2 fully saturated rings. The van der Waals surface area contributed by atoms with Crippen molar-refractivity contribution in [2.24, 2.45) is 0 Å². The Labute approximate surface area is 158 Å². The Morgan fingerprint density at radius 3 is 2.33 bits per heavy atom. The third kappa shape index (κ3) is 4.06. The van der Waals surface area contributed by atoms with Crippen LogP contribution in [0.2, 0.25) is 0 Å². The van der Waals surface area contributed by atoms with E-state index in [4.69, 9.17) is 4.74 Å². The Kier molecular flexibility index (Phi) is 5.25. The quantitative estimate of drug-likeness (QED) is 0.896. The Morgan fingerprint density at radius 1 is 0.926 bits per heavy atom. The molecule has 2 aliphatic rings. The molecule has 2 saturated heterocycles. The Hall–Kier alpha value is -2.60. The minimum atomic E-state index is -0.348. The standard InChI is InChI=1S/C21H24FN3O2/c22-17-5-3-16(4-6-17)21(26)23-19-15-18(24-11-13-27-14-12-24)7-8-20(19)25-9-1-2-10-25/h3-8,15H,1-2,9-14H2,(H,23,26). The van der Waals surface area contributed by atoms with Crippen LogP contribution in [0.25, 0.3) is 0 Å². The van der Waals surface area contributed by atoms with Crippen LogP contribution >= 0.6 is 0 Å². The smallest absolute Gasteiger partial charge is 0.255 e. The van der Waals surface area contributed by atoms with E-state index in [1.807, 2.05) is 6.07 Å². The lowest BCUT2D eigenvalue weighted by molar-refractivity contribution is 0.102. The molecule has 0 spiro atoms. The summed E-state index contributed by atoms with van der Waals surface area (Å²) >= 11 is 0. The number of nitrogens with one attached hydrogen (secondary N) is 1. The molecule has 142 valence electrons. The van der Waals surface area contributed by atoms with Crippen LogP contribution in [-0.2, 0) is 4.74 Å². The molecule has 0 bridgehead atoms.